The molecule has 22 heavy (non-hydrogen) atoms. The van der Waals surface area contributed by atoms with E-state index in [4.69, 9.17) is 21.4 Å². The van der Waals surface area contributed by atoms with Crippen LogP contribution in [0.15, 0.2) is 18.2 Å². The quantitative estimate of drug-likeness (QED) is 0.924. The van der Waals surface area contributed by atoms with Gasteiger partial charge in [0, 0.05) is 22.7 Å². The molecular formula is C16H20ClNO4. The largest absolute Gasteiger partial charge is 0.479 e. The van der Waals surface area contributed by atoms with E-state index in [-0.39, 0.29) is 11.3 Å². The van der Waals surface area contributed by atoms with Gasteiger partial charge in [0.25, 0.3) is 5.91 Å². The molecule has 1 aliphatic heterocycles. The molecule has 2 rings (SSSR count). The average molecular weight is 326 g/mol. The molecule has 1 N–H and O–H groups in total. The summed E-state index contributed by atoms with van der Waals surface area (Å²) >= 11 is 6.05. The first-order valence-electron chi connectivity index (χ1n) is 7.13. The van der Waals surface area contributed by atoms with Crippen molar-refractivity contribution in [3.63, 3.8) is 0 Å². The summed E-state index contributed by atoms with van der Waals surface area (Å²) in [5, 5.41) is 9.45. The second kappa shape index (κ2) is 5.89. The van der Waals surface area contributed by atoms with Gasteiger partial charge in [0.1, 0.15) is 6.10 Å². The highest BCUT2D eigenvalue weighted by Crippen LogP contribution is 2.42. The summed E-state index contributed by atoms with van der Waals surface area (Å²) in [6.45, 7) is 7.59. The molecule has 0 saturated carbocycles. The van der Waals surface area contributed by atoms with Gasteiger partial charge in [-0.2, -0.15) is 0 Å². The van der Waals surface area contributed by atoms with Crippen LogP contribution in [0.5, 0.6) is 0 Å². The fourth-order valence-corrected chi connectivity index (χ4v) is 2.87. The highest BCUT2D eigenvalue weighted by molar-refractivity contribution is 6.31. The van der Waals surface area contributed by atoms with Crippen LogP contribution in [-0.2, 0) is 19.7 Å². The van der Waals surface area contributed by atoms with Crippen LogP contribution in [0.2, 0.25) is 5.02 Å². The van der Waals surface area contributed by atoms with Gasteiger partial charge in [-0.3, -0.25) is 4.79 Å². The Morgan fingerprint density at radius 3 is 2.55 bits per heavy atom. The predicted molar refractivity (Wildman–Crippen MR) is 84.5 cm³/mol. The number of ether oxygens (including phenoxy) is 1. The second-order valence-corrected chi connectivity index (χ2v) is 6.66. The number of benzene rings is 1. The number of anilines is 1. The lowest BCUT2D eigenvalue weighted by atomic mass is 9.87. The summed E-state index contributed by atoms with van der Waals surface area (Å²) in [5.74, 6) is -1.35. The van der Waals surface area contributed by atoms with Crippen LogP contribution in [0, 0.1) is 0 Å². The van der Waals surface area contributed by atoms with E-state index in [1.54, 1.807) is 17.9 Å². The number of halogens is 1. The third kappa shape index (κ3) is 3.10. The molecule has 1 aliphatic rings. The van der Waals surface area contributed by atoms with Crippen molar-refractivity contribution in [1.29, 1.82) is 0 Å². The van der Waals surface area contributed by atoms with Crippen LogP contribution in [0.3, 0.4) is 0 Å². The number of carboxylic acids is 1. The molecule has 0 aliphatic carbocycles. The average Bonchev–Trinajstić information content (AvgIpc) is 2.68. The number of aliphatic carboxylic acids is 1. The Labute approximate surface area is 134 Å². The van der Waals surface area contributed by atoms with Crippen LogP contribution >= 0.6 is 11.6 Å². The van der Waals surface area contributed by atoms with E-state index in [2.05, 4.69) is 13.8 Å². The van der Waals surface area contributed by atoms with Gasteiger partial charge in [0.05, 0.1) is 0 Å². The Bertz CT molecular complexity index is 614. The van der Waals surface area contributed by atoms with Crippen molar-refractivity contribution < 1.29 is 19.4 Å². The molecule has 5 nitrogen and oxygen atoms in total. The van der Waals surface area contributed by atoms with Gasteiger partial charge in [-0.1, -0.05) is 31.5 Å². The number of hydrogen-bond acceptors (Lipinski definition) is 3. The zero-order valence-corrected chi connectivity index (χ0v) is 13.8. The first kappa shape index (κ1) is 16.8. The maximum absolute atomic E-state index is 12.6. The summed E-state index contributed by atoms with van der Waals surface area (Å²) in [7, 11) is 0. The van der Waals surface area contributed by atoms with E-state index in [1.165, 1.54) is 6.92 Å². The molecule has 1 heterocycles. The molecule has 120 valence electrons. The van der Waals surface area contributed by atoms with E-state index in [0.717, 1.165) is 11.3 Å². The SMILES string of the molecule is CC(OC(C)C(=O)N1CC(C)(C)c2ccc(Cl)cc21)C(=O)O. The minimum absolute atomic E-state index is 0.187. The summed E-state index contributed by atoms with van der Waals surface area (Å²) in [5.41, 5.74) is 1.62. The number of carboxylic acid groups (broad SMARTS) is 1. The predicted octanol–water partition coefficient (Wildman–Crippen LogP) is 2.84. The molecular weight excluding hydrogens is 306 g/mol. The Kier molecular flexibility index (Phi) is 4.49. The number of rotatable bonds is 4. The molecule has 0 bridgehead atoms. The van der Waals surface area contributed by atoms with E-state index in [0.29, 0.717) is 11.6 Å². The minimum Gasteiger partial charge on any atom is -0.479 e. The van der Waals surface area contributed by atoms with Crippen molar-refractivity contribution in [1.82, 2.24) is 0 Å². The summed E-state index contributed by atoms with van der Waals surface area (Å²) < 4.78 is 5.28. The Morgan fingerprint density at radius 2 is 1.95 bits per heavy atom. The highest BCUT2D eigenvalue weighted by Gasteiger charge is 2.39. The molecule has 2 atom stereocenters. The first-order chi connectivity index (χ1) is 10.1. The molecule has 0 spiro atoms. The normalized spacial score (nSPS) is 18.7. The van der Waals surface area contributed by atoms with Crippen molar-refractivity contribution in [2.24, 2.45) is 0 Å². The Balaban J connectivity index is 2.25. The molecule has 1 aromatic rings. The third-order valence-electron chi connectivity index (χ3n) is 3.90. The second-order valence-electron chi connectivity index (χ2n) is 6.23. The van der Waals surface area contributed by atoms with Crippen LogP contribution < -0.4 is 4.90 Å². The number of hydrogen-bond donors (Lipinski definition) is 1. The third-order valence-corrected chi connectivity index (χ3v) is 4.14. The van der Waals surface area contributed by atoms with Crippen LogP contribution in [-0.4, -0.2) is 35.7 Å². The summed E-state index contributed by atoms with van der Waals surface area (Å²) in [6, 6.07) is 5.50. The van der Waals surface area contributed by atoms with E-state index in [1.807, 2.05) is 12.1 Å². The van der Waals surface area contributed by atoms with Gasteiger partial charge in [0.2, 0.25) is 0 Å². The standard InChI is InChI=1S/C16H20ClNO4/c1-9(22-10(2)15(20)21)14(19)18-8-16(3,4)12-6-5-11(17)7-13(12)18/h5-7,9-10H,8H2,1-4H3,(H,20,21). The lowest BCUT2D eigenvalue weighted by Crippen LogP contribution is -2.42. The highest BCUT2D eigenvalue weighted by atomic mass is 35.5. The maximum Gasteiger partial charge on any atom is 0.332 e. The first-order valence-corrected chi connectivity index (χ1v) is 7.51. The number of amides is 1. The number of carbonyl (C=O) groups excluding carboxylic acids is 1. The van der Waals surface area contributed by atoms with Crippen molar-refractivity contribution in [2.45, 2.75) is 45.3 Å². The van der Waals surface area contributed by atoms with E-state index >= 15 is 0 Å². The van der Waals surface area contributed by atoms with Gasteiger partial charge >= 0.3 is 5.97 Å². The fraction of sp³-hybridized carbons (Fsp3) is 0.500. The summed E-state index contributed by atoms with van der Waals surface area (Å²) in [4.78, 5) is 25.1. The molecule has 0 fully saturated rings. The topological polar surface area (TPSA) is 66.8 Å². The lowest BCUT2D eigenvalue weighted by molar-refractivity contribution is -0.155. The Hall–Kier alpha value is -1.59. The fourth-order valence-electron chi connectivity index (χ4n) is 2.70. The zero-order valence-electron chi connectivity index (χ0n) is 13.1. The molecule has 0 saturated heterocycles. The van der Waals surface area contributed by atoms with Crippen LogP contribution in [0.4, 0.5) is 5.69 Å². The number of fused-ring (bicyclic) bond motifs is 1. The molecule has 0 aromatic heterocycles. The van der Waals surface area contributed by atoms with Gasteiger partial charge in [0.15, 0.2) is 6.10 Å². The number of nitrogens with zero attached hydrogens (tertiary/aromatic N) is 1. The molecule has 1 aromatic carbocycles. The van der Waals surface area contributed by atoms with Crippen molar-refractivity contribution in [2.75, 3.05) is 11.4 Å². The minimum atomic E-state index is -1.09. The van der Waals surface area contributed by atoms with Crippen molar-refractivity contribution in [3.05, 3.63) is 28.8 Å². The molecule has 1 amide bonds. The molecule has 0 radical (unpaired) electrons. The Morgan fingerprint density at radius 1 is 1.32 bits per heavy atom. The van der Waals surface area contributed by atoms with Crippen LogP contribution in [0.1, 0.15) is 33.3 Å². The van der Waals surface area contributed by atoms with Crippen molar-refractivity contribution >= 4 is 29.2 Å². The van der Waals surface area contributed by atoms with E-state index in [9.17, 15) is 9.59 Å². The lowest BCUT2D eigenvalue weighted by Gasteiger charge is -2.24. The zero-order chi connectivity index (χ0) is 16.7. The monoisotopic (exact) mass is 325 g/mol. The molecule has 6 heteroatoms. The van der Waals surface area contributed by atoms with Crippen molar-refractivity contribution in [3.8, 4) is 0 Å². The van der Waals surface area contributed by atoms with Gasteiger partial charge < -0.3 is 14.7 Å². The maximum atomic E-state index is 12.6. The van der Waals surface area contributed by atoms with Gasteiger partial charge in [-0.15, -0.1) is 0 Å². The molecule has 2 unspecified atom stereocenters. The van der Waals surface area contributed by atoms with Gasteiger partial charge in [-0.25, -0.2) is 4.79 Å². The van der Waals surface area contributed by atoms with Gasteiger partial charge in [-0.05, 0) is 31.5 Å². The number of carbonyl (C=O) groups is 2. The van der Waals surface area contributed by atoms with Crippen LogP contribution in [0.25, 0.3) is 0 Å². The van der Waals surface area contributed by atoms with E-state index < -0.39 is 18.2 Å². The smallest absolute Gasteiger partial charge is 0.332 e. The summed E-state index contributed by atoms with van der Waals surface area (Å²) in [6.07, 6.45) is -1.87.